The number of aryl methyl sites for hydroxylation is 4. The lowest BCUT2D eigenvalue weighted by Crippen LogP contribution is -2.18. The number of carbonyl (C=O) groups is 1. The molecule has 3 aromatic rings. The Kier molecular flexibility index (Phi) is 9.96. The predicted octanol–water partition coefficient (Wildman–Crippen LogP) is 7.20. The molecule has 0 aliphatic rings. The van der Waals surface area contributed by atoms with Crippen molar-refractivity contribution >= 4 is 40.5 Å². The SMILES string of the molecule is CCc1sc(CCc2cc(OC(C)C)cc(NCc3cc(Cl)cc(NC(=O)OC(C)C)c3)n2)nc1C. The lowest BCUT2D eigenvalue weighted by atomic mass is 10.2. The van der Waals surface area contributed by atoms with E-state index in [1.54, 1.807) is 31.3 Å². The maximum atomic E-state index is 12.0. The lowest BCUT2D eigenvalue weighted by molar-refractivity contribution is 0.130. The highest BCUT2D eigenvalue weighted by Gasteiger charge is 2.11. The van der Waals surface area contributed by atoms with Gasteiger partial charge in [0.2, 0.25) is 0 Å². The van der Waals surface area contributed by atoms with Gasteiger partial charge in [-0.1, -0.05) is 18.5 Å². The van der Waals surface area contributed by atoms with Crippen LogP contribution in [-0.4, -0.2) is 28.3 Å². The zero-order valence-corrected chi connectivity index (χ0v) is 23.3. The Morgan fingerprint density at radius 1 is 1.06 bits per heavy atom. The van der Waals surface area contributed by atoms with E-state index in [-0.39, 0.29) is 12.2 Å². The van der Waals surface area contributed by atoms with Crippen LogP contribution in [0.25, 0.3) is 0 Å². The number of nitrogens with zero attached hydrogens (tertiary/aromatic N) is 2. The maximum Gasteiger partial charge on any atom is 0.411 e. The van der Waals surface area contributed by atoms with Crippen LogP contribution < -0.4 is 15.4 Å². The second-order valence-electron chi connectivity index (χ2n) is 9.10. The predicted molar refractivity (Wildman–Crippen MR) is 148 cm³/mol. The number of thiazole rings is 1. The highest BCUT2D eigenvalue weighted by Crippen LogP contribution is 2.24. The number of benzene rings is 1. The molecule has 194 valence electrons. The van der Waals surface area contributed by atoms with Crippen LogP contribution in [0.5, 0.6) is 5.75 Å². The van der Waals surface area contributed by atoms with E-state index in [9.17, 15) is 4.79 Å². The molecule has 0 fully saturated rings. The van der Waals surface area contributed by atoms with Gasteiger partial charge in [-0.15, -0.1) is 11.3 Å². The minimum atomic E-state index is -0.516. The van der Waals surface area contributed by atoms with E-state index in [0.717, 1.165) is 47.0 Å². The smallest absolute Gasteiger partial charge is 0.411 e. The van der Waals surface area contributed by atoms with Gasteiger partial charge in [0.25, 0.3) is 0 Å². The van der Waals surface area contributed by atoms with Crippen molar-refractivity contribution in [3.05, 3.63) is 62.2 Å². The molecule has 0 unspecified atom stereocenters. The highest BCUT2D eigenvalue weighted by atomic mass is 35.5. The molecular formula is C27H35ClN4O3S. The number of pyridine rings is 1. The molecule has 36 heavy (non-hydrogen) atoms. The largest absolute Gasteiger partial charge is 0.491 e. The molecule has 0 saturated carbocycles. The Bertz CT molecular complexity index is 1180. The van der Waals surface area contributed by atoms with E-state index in [0.29, 0.717) is 23.1 Å². The lowest BCUT2D eigenvalue weighted by Gasteiger charge is -2.15. The van der Waals surface area contributed by atoms with Crippen molar-refractivity contribution in [2.45, 2.75) is 79.6 Å². The number of halogens is 1. The van der Waals surface area contributed by atoms with Gasteiger partial charge in [0.05, 0.1) is 22.9 Å². The van der Waals surface area contributed by atoms with Crippen molar-refractivity contribution < 1.29 is 14.3 Å². The molecule has 3 rings (SSSR count). The summed E-state index contributed by atoms with van der Waals surface area (Å²) in [5, 5.41) is 7.74. The van der Waals surface area contributed by atoms with Gasteiger partial charge >= 0.3 is 6.09 Å². The summed E-state index contributed by atoms with van der Waals surface area (Å²) in [6.45, 7) is 12.3. The molecule has 0 aliphatic carbocycles. The number of hydrogen-bond donors (Lipinski definition) is 2. The maximum absolute atomic E-state index is 12.0. The van der Waals surface area contributed by atoms with Crippen LogP contribution >= 0.6 is 22.9 Å². The Balaban J connectivity index is 1.72. The standard InChI is InChI=1S/C27H35ClN4O3S/c1-7-24-18(6)30-26(36-24)9-8-21-13-23(34-16(2)3)14-25(31-21)29-15-19-10-20(28)12-22(11-19)32-27(33)35-17(4)5/h10-14,16-17H,7-9,15H2,1-6H3,(H,29,31)(H,32,33). The van der Waals surface area contributed by atoms with Crippen LogP contribution in [0.1, 0.15) is 61.5 Å². The first-order valence-corrected chi connectivity index (χ1v) is 13.4. The first-order chi connectivity index (χ1) is 17.1. The third kappa shape index (κ3) is 8.68. The van der Waals surface area contributed by atoms with Crippen LogP contribution in [0.3, 0.4) is 0 Å². The fourth-order valence-electron chi connectivity index (χ4n) is 3.66. The third-order valence-electron chi connectivity index (χ3n) is 5.10. The van der Waals surface area contributed by atoms with Gasteiger partial charge in [0.1, 0.15) is 11.6 Å². The van der Waals surface area contributed by atoms with Gasteiger partial charge in [-0.2, -0.15) is 0 Å². The second kappa shape index (κ2) is 12.9. The van der Waals surface area contributed by atoms with Crippen LogP contribution in [0.4, 0.5) is 16.3 Å². The summed E-state index contributed by atoms with van der Waals surface area (Å²) in [6.07, 6.45) is 1.93. The Hall–Kier alpha value is -2.84. The minimum absolute atomic E-state index is 0.0500. The van der Waals surface area contributed by atoms with Crippen molar-refractivity contribution in [1.29, 1.82) is 0 Å². The van der Waals surface area contributed by atoms with Crippen LogP contribution in [-0.2, 0) is 30.5 Å². The van der Waals surface area contributed by atoms with Crippen LogP contribution in [0.2, 0.25) is 5.02 Å². The van der Waals surface area contributed by atoms with Crippen LogP contribution in [0.15, 0.2) is 30.3 Å². The molecule has 0 radical (unpaired) electrons. The van der Waals surface area contributed by atoms with Crippen molar-refractivity contribution in [2.75, 3.05) is 10.6 Å². The summed E-state index contributed by atoms with van der Waals surface area (Å²) in [6, 6.07) is 9.28. The molecule has 0 bridgehead atoms. The number of carbonyl (C=O) groups excluding carboxylic acids is 1. The summed E-state index contributed by atoms with van der Waals surface area (Å²) in [5.41, 5.74) is 3.52. The number of ether oxygens (including phenoxy) is 2. The van der Waals surface area contributed by atoms with Crippen molar-refractivity contribution in [3.63, 3.8) is 0 Å². The quantitative estimate of drug-likeness (QED) is 0.272. The molecule has 0 aliphatic heterocycles. The number of rotatable bonds is 11. The normalized spacial score (nSPS) is 11.1. The molecule has 7 nitrogen and oxygen atoms in total. The Morgan fingerprint density at radius 2 is 1.83 bits per heavy atom. The number of aromatic nitrogens is 2. The van der Waals surface area contributed by atoms with Crippen molar-refractivity contribution in [3.8, 4) is 5.75 Å². The molecule has 2 heterocycles. The number of hydrogen-bond acceptors (Lipinski definition) is 7. The summed E-state index contributed by atoms with van der Waals surface area (Å²) < 4.78 is 11.1. The van der Waals surface area contributed by atoms with Gasteiger partial charge in [-0.25, -0.2) is 14.8 Å². The van der Waals surface area contributed by atoms with E-state index < -0.39 is 6.09 Å². The third-order valence-corrected chi connectivity index (χ3v) is 6.68. The first kappa shape index (κ1) is 27.7. The van der Waals surface area contributed by atoms with Crippen molar-refractivity contribution in [2.24, 2.45) is 0 Å². The fourth-order valence-corrected chi connectivity index (χ4v) is 4.92. The fraction of sp³-hybridized carbons (Fsp3) is 0.444. The minimum Gasteiger partial charge on any atom is -0.491 e. The van der Waals surface area contributed by atoms with E-state index >= 15 is 0 Å². The Labute approximate surface area is 222 Å². The summed E-state index contributed by atoms with van der Waals surface area (Å²) >= 11 is 8.07. The monoisotopic (exact) mass is 530 g/mol. The summed E-state index contributed by atoms with van der Waals surface area (Å²) in [5.74, 6) is 1.48. The molecule has 0 saturated heterocycles. The van der Waals surface area contributed by atoms with Gasteiger partial charge in [-0.05, 0) is 71.2 Å². The van der Waals surface area contributed by atoms with E-state index in [1.165, 1.54) is 4.88 Å². The number of nitrogens with one attached hydrogen (secondary N) is 2. The average Bonchev–Trinajstić information content (AvgIpc) is 3.14. The summed E-state index contributed by atoms with van der Waals surface area (Å²) in [7, 11) is 0. The summed E-state index contributed by atoms with van der Waals surface area (Å²) in [4.78, 5) is 22.8. The van der Waals surface area contributed by atoms with E-state index in [1.807, 2.05) is 38.1 Å². The van der Waals surface area contributed by atoms with Gasteiger partial charge in [0.15, 0.2) is 0 Å². The van der Waals surface area contributed by atoms with Crippen molar-refractivity contribution in [1.82, 2.24) is 9.97 Å². The molecule has 2 N–H and O–H groups in total. The van der Waals surface area contributed by atoms with E-state index in [2.05, 4.69) is 24.5 Å². The Morgan fingerprint density at radius 3 is 2.50 bits per heavy atom. The molecule has 9 heteroatoms. The number of amides is 1. The molecule has 0 atom stereocenters. The zero-order chi connectivity index (χ0) is 26.2. The molecule has 1 aromatic carbocycles. The van der Waals surface area contributed by atoms with E-state index in [4.69, 9.17) is 31.0 Å². The van der Waals surface area contributed by atoms with Gasteiger partial charge in [-0.3, -0.25) is 5.32 Å². The zero-order valence-electron chi connectivity index (χ0n) is 21.8. The first-order valence-electron chi connectivity index (χ1n) is 12.2. The molecule has 0 spiro atoms. The molecular weight excluding hydrogens is 496 g/mol. The molecule has 2 aromatic heterocycles. The topological polar surface area (TPSA) is 85.4 Å². The second-order valence-corrected chi connectivity index (χ2v) is 10.7. The highest BCUT2D eigenvalue weighted by molar-refractivity contribution is 7.11. The number of anilines is 2. The van der Waals surface area contributed by atoms with Crippen LogP contribution in [0, 0.1) is 6.92 Å². The van der Waals surface area contributed by atoms with Gasteiger partial charge < -0.3 is 14.8 Å². The van der Waals surface area contributed by atoms with Gasteiger partial charge in [0, 0.05) is 46.4 Å². The average molecular weight is 531 g/mol. The molecule has 1 amide bonds.